The van der Waals surface area contributed by atoms with Crippen LogP contribution in [0, 0.1) is 12.8 Å². The Bertz CT molecular complexity index is 2430. The molecular formula is C46H49N7O4S. The highest BCUT2D eigenvalue weighted by Crippen LogP contribution is 2.35. The molecule has 2 aliphatic rings. The minimum absolute atomic E-state index is 0.0360. The van der Waals surface area contributed by atoms with Gasteiger partial charge in [0.05, 0.1) is 45.4 Å². The summed E-state index contributed by atoms with van der Waals surface area (Å²) >= 11 is 1.60. The van der Waals surface area contributed by atoms with Crippen molar-refractivity contribution >= 4 is 45.4 Å². The number of benzene rings is 4. The molecule has 0 saturated carbocycles. The largest absolute Gasteiger partial charge is 0.507 e. The van der Waals surface area contributed by atoms with Gasteiger partial charge >= 0.3 is 0 Å². The molecule has 1 unspecified atom stereocenters. The van der Waals surface area contributed by atoms with Gasteiger partial charge in [-0.15, -0.1) is 21.5 Å². The zero-order chi connectivity index (χ0) is 40.5. The summed E-state index contributed by atoms with van der Waals surface area (Å²) in [5.74, 6) is -0.741. The number of β-amino-alcohol motifs (C(OH)–C–C–N with tert-alkyl or cyclic N) is 1. The molecule has 4 atom stereocenters. The van der Waals surface area contributed by atoms with Crippen LogP contribution < -0.4 is 15.1 Å². The number of likely N-dealkylation sites (tertiary alicyclic amines) is 1. The number of aromatic hydroxyl groups is 1. The first kappa shape index (κ1) is 39.0. The number of phenols is 1. The van der Waals surface area contributed by atoms with Gasteiger partial charge in [0.1, 0.15) is 11.8 Å². The molecule has 2 fully saturated rings. The summed E-state index contributed by atoms with van der Waals surface area (Å²) in [6, 6.07) is 30.6. The fourth-order valence-corrected chi connectivity index (χ4v) is 9.18. The van der Waals surface area contributed by atoms with Gasteiger partial charge in [0, 0.05) is 61.5 Å². The van der Waals surface area contributed by atoms with E-state index in [1.54, 1.807) is 28.4 Å². The Labute approximate surface area is 343 Å². The number of nitrogens with one attached hydrogen (secondary N) is 1. The monoisotopic (exact) mass is 795 g/mol. The van der Waals surface area contributed by atoms with Crippen LogP contribution in [0.4, 0.5) is 11.4 Å². The maximum absolute atomic E-state index is 14.5. The van der Waals surface area contributed by atoms with E-state index >= 15 is 0 Å². The molecule has 0 bridgehead atoms. The van der Waals surface area contributed by atoms with Gasteiger partial charge in [0.25, 0.3) is 0 Å². The first-order valence-corrected chi connectivity index (χ1v) is 20.9. The molecule has 2 aromatic heterocycles. The van der Waals surface area contributed by atoms with E-state index in [2.05, 4.69) is 60.6 Å². The average molecular weight is 796 g/mol. The van der Waals surface area contributed by atoms with Gasteiger partial charge in [-0.05, 0) is 78.9 Å². The molecule has 2 amide bonds. The fourth-order valence-electron chi connectivity index (χ4n) is 8.37. The molecule has 0 radical (unpaired) electrons. The molecule has 6 aromatic rings. The first-order valence-electron chi connectivity index (χ1n) is 20.0. The Morgan fingerprint density at radius 3 is 2.24 bits per heavy atom. The van der Waals surface area contributed by atoms with Crippen LogP contribution >= 0.6 is 11.3 Å². The zero-order valence-electron chi connectivity index (χ0n) is 33.2. The van der Waals surface area contributed by atoms with E-state index in [1.807, 2.05) is 87.8 Å². The molecule has 8 rings (SSSR count). The van der Waals surface area contributed by atoms with Crippen molar-refractivity contribution in [3.8, 4) is 27.4 Å². The molecular weight excluding hydrogens is 747 g/mol. The Morgan fingerprint density at radius 1 is 0.828 bits per heavy atom. The van der Waals surface area contributed by atoms with Crippen LogP contribution in [-0.2, 0) is 9.59 Å². The lowest BCUT2D eigenvalue weighted by molar-refractivity contribution is -0.140. The Hall–Kier alpha value is -5.85. The predicted molar refractivity (Wildman–Crippen MR) is 230 cm³/mol. The third kappa shape index (κ3) is 7.99. The number of aromatic nitrogens is 3. The van der Waals surface area contributed by atoms with Crippen LogP contribution in [-0.4, -0.2) is 87.0 Å². The van der Waals surface area contributed by atoms with E-state index in [4.69, 9.17) is 0 Å². The summed E-state index contributed by atoms with van der Waals surface area (Å²) in [5, 5.41) is 34.0. The predicted octanol–water partition coefficient (Wildman–Crippen LogP) is 7.34. The maximum atomic E-state index is 14.5. The van der Waals surface area contributed by atoms with Crippen LogP contribution in [0.25, 0.3) is 32.6 Å². The van der Waals surface area contributed by atoms with Crippen LogP contribution in [0.5, 0.6) is 5.75 Å². The van der Waals surface area contributed by atoms with Crippen LogP contribution in [0.1, 0.15) is 56.0 Å². The van der Waals surface area contributed by atoms with Gasteiger partial charge in [0.2, 0.25) is 11.8 Å². The summed E-state index contributed by atoms with van der Waals surface area (Å²) in [6.07, 6.45) is -0.574. The van der Waals surface area contributed by atoms with E-state index in [0.29, 0.717) is 11.3 Å². The third-order valence-corrected chi connectivity index (χ3v) is 12.5. The number of aliphatic hydroxyl groups is 1. The topological polar surface area (TPSA) is 135 Å². The van der Waals surface area contributed by atoms with E-state index in [9.17, 15) is 19.8 Å². The fraction of sp³-hybridized carbons (Fsp3) is 0.326. The third-order valence-electron chi connectivity index (χ3n) is 11.6. The summed E-state index contributed by atoms with van der Waals surface area (Å²) in [6.45, 7) is 11.3. The Kier molecular flexibility index (Phi) is 11.1. The van der Waals surface area contributed by atoms with Crippen LogP contribution in [0.15, 0.2) is 103 Å². The summed E-state index contributed by atoms with van der Waals surface area (Å²) < 4.78 is 0. The number of amides is 2. The van der Waals surface area contributed by atoms with E-state index in [0.717, 1.165) is 75.7 Å². The van der Waals surface area contributed by atoms with E-state index in [1.165, 1.54) is 0 Å². The number of carbonyl (C=O) groups excluding carboxylic acids is 2. The minimum atomic E-state index is -0.775. The van der Waals surface area contributed by atoms with Crippen molar-refractivity contribution in [3.05, 3.63) is 119 Å². The number of nitrogens with zero attached hydrogens (tertiary/aromatic N) is 6. The summed E-state index contributed by atoms with van der Waals surface area (Å²) in [4.78, 5) is 40.0. The van der Waals surface area contributed by atoms with Crippen molar-refractivity contribution in [2.45, 2.75) is 58.2 Å². The van der Waals surface area contributed by atoms with Crippen LogP contribution in [0.2, 0.25) is 0 Å². The average Bonchev–Trinajstić information content (AvgIpc) is 3.86. The van der Waals surface area contributed by atoms with E-state index < -0.39 is 18.1 Å². The van der Waals surface area contributed by atoms with Gasteiger partial charge in [-0.2, -0.15) is 0 Å². The number of hydrogen-bond acceptors (Lipinski definition) is 10. The molecule has 12 heteroatoms. The molecule has 2 aliphatic heterocycles. The summed E-state index contributed by atoms with van der Waals surface area (Å²) in [7, 11) is 0. The van der Waals surface area contributed by atoms with Crippen molar-refractivity contribution in [2.24, 2.45) is 5.92 Å². The molecule has 3 N–H and O–H groups in total. The van der Waals surface area contributed by atoms with Crippen molar-refractivity contribution in [1.29, 1.82) is 0 Å². The SMILES string of the molecule is Cc1ncsc1-c1ccc([C@H](C)NC(=O)[C@@H]2C[C@@H](O)CN2C(=O)C(c2cccc(N3CCN(c4ccc5cc(-c6ccccc6O)nnc5c4)CC3)c2)C(C)C)cc1. The number of aryl methyl sites for hydroxylation is 1. The van der Waals surface area contributed by atoms with Gasteiger partial charge in [-0.1, -0.05) is 68.4 Å². The number of thiazole rings is 1. The number of carbonyl (C=O) groups is 2. The number of rotatable bonds is 10. The first-order chi connectivity index (χ1) is 28.0. The van der Waals surface area contributed by atoms with Gasteiger partial charge in [-0.25, -0.2) is 4.98 Å². The second-order valence-electron chi connectivity index (χ2n) is 15.8. The molecule has 0 aliphatic carbocycles. The number of phenolic OH excluding ortho intramolecular Hbond substituents is 1. The second kappa shape index (κ2) is 16.6. The van der Waals surface area contributed by atoms with Crippen molar-refractivity contribution in [1.82, 2.24) is 25.4 Å². The summed E-state index contributed by atoms with van der Waals surface area (Å²) in [5.41, 5.74) is 9.99. The number of anilines is 2. The van der Waals surface area contributed by atoms with Gasteiger partial charge < -0.3 is 30.2 Å². The maximum Gasteiger partial charge on any atom is 0.243 e. The van der Waals surface area contributed by atoms with E-state index in [-0.39, 0.29) is 42.5 Å². The highest BCUT2D eigenvalue weighted by molar-refractivity contribution is 7.13. The van der Waals surface area contributed by atoms with Crippen molar-refractivity contribution < 1.29 is 19.8 Å². The molecule has 2 saturated heterocycles. The molecule has 58 heavy (non-hydrogen) atoms. The van der Waals surface area contributed by atoms with Crippen molar-refractivity contribution in [2.75, 3.05) is 42.5 Å². The van der Waals surface area contributed by atoms with Gasteiger partial charge in [0.15, 0.2) is 0 Å². The quantitative estimate of drug-likeness (QED) is 0.130. The Morgan fingerprint density at radius 2 is 1.55 bits per heavy atom. The molecule has 298 valence electrons. The number of hydrogen-bond donors (Lipinski definition) is 3. The number of para-hydroxylation sites is 1. The smallest absolute Gasteiger partial charge is 0.243 e. The number of fused-ring (bicyclic) bond motifs is 1. The lowest BCUT2D eigenvalue weighted by Crippen LogP contribution is -2.48. The number of aliphatic hydroxyl groups excluding tert-OH is 1. The minimum Gasteiger partial charge on any atom is -0.507 e. The molecule has 11 nitrogen and oxygen atoms in total. The lowest BCUT2D eigenvalue weighted by Gasteiger charge is -2.38. The molecule has 4 aromatic carbocycles. The zero-order valence-corrected chi connectivity index (χ0v) is 34.1. The standard InChI is InChI=1S/C46H49N7O4S/c1-28(2)43(46(57)53-26-37(54)25-41(53)45(56)48-29(3)31-12-14-32(15-13-31)44-30(4)47-27-58-44)34-8-7-9-35(22-34)51-18-20-52(21-19-51)36-17-16-33-23-40(50-49-39(33)24-36)38-10-5-6-11-42(38)55/h5-17,22-24,27-29,37,41,43,54-55H,18-21,25-26H2,1-4H3,(H,48,56)/t29-,37+,41-,43?/m0/s1. The molecule has 4 heterocycles. The highest BCUT2D eigenvalue weighted by atomic mass is 32.1. The lowest BCUT2D eigenvalue weighted by atomic mass is 9.86. The normalized spacial score (nSPS) is 18.1. The Balaban J connectivity index is 0.920. The molecule has 0 spiro atoms. The second-order valence-corrected chi connectivity index (χ2v) is 16.7. The highest BCUT2D eigenvalue weighted by Gasteiger charge is 2.42. The number of piperazine rings is 1. The van der Waals surface area contributed by atoms with Gasteiger partial charge in [-0.3, -0.25) is 9.59 Å². The van der Waals surface area contributed by atoms with Crippen LogP contribution in [0.3, 0.4) is 0 Å². The van der Waals surface area contributed by atoms with Crippen molar-refractivity contribution in [3.63, 3.8) is 0 Å².